The third kappa shape index (κ3) is 0.498. The second-order valence-electron chi connectivity index (χ2n) is 1.01. The standard InChI is InChI=1S/C6H4/c1-2-4-6-5-3-1/h1-4H/i5+1,6+1. The molecule has 0 bridgehead atoms. The molecule has 0 unspecified atom stereocenters. The summed E-state index contributed by atoms with van der Waals surface area (Å²) < 4.78 is 0. The molecule has 0 spiro atoms. The Morgan fingerprint density at radius 2 is 1.33 bits per heavy atom. The van der Waals surface area contributed by atoms with Gasteiger partial charge in [0.15, 0.2) is 0 Å². The molecule has 0 atom stereocenters. The molecule has 0 aromatic rings. The van der Waals surface area contributed by atoms with E-state index in [9.17, 15) is 0 Å². The average molecular weight is 78.1 g/mol. The number of hydrogen-bond donors (Lipinski definition) is 0. The molecule has 1 rings (SSSR count). The van der Waals surface area contributed by atoms with Gasteiger partial charge in [-0.25, -0.2) is 0 Å². The first-order chi connectivity index (χ1) is 3.00. The fraction of sp³-hybridized carbons (Fsp3) is 0. The summed E-state index contributed by atoms with van der Waals surface area (Å²) in [5.41, 5.74) is 5.53. The lowest BCUT2D eigenvalue weighted by atomic mass is 10.5. The number of rotatable bonds is 0. The van der Waals surface area contributed by atoms with Gasteiger partial charge in [-0.1, -0.05) is 23.6 Å². The van der Waals surface area contributed by atoms with Gasteiger partial charge in [0.25, 0.3) is 0 Å². The van der Waals surface area contributed by atoms with Crippen molar-refractivity contribution >= 4 is 0 Å². The third-order valence-electron chi connectivity index (χ3n) is 0.554. The fourth-order valence-electron chi connectivity index (χ4n) is 0.304. The van der Waals surface area contributed by atoms with Crippen LogP contribution in [0.1, 0.15) is 0 Å². The van der Waals surface area contributed by atoms with Crippen LogP contribution in [0.4, 0.5) is 0 Å². The maximum atomic E-state index is 2.77. The van der Waals surface area contributed by atoms with Crippen LogP contribution in [0.2, 0.25) is 0 Å². The molecule has 0 saturated heterocycles. The monoisotopic (exact) mass is 78.0 g/mol. The second-order valence-corrected chi connectivity index (χ2v) is 1.01. The molecule has 1 aliphatic rings. The third-order valence-corrected chi connectivity index (χ3v) is 0.554. The SMILES string of the molecule is C1=CC=[13C]=[13C]=C1. The molecular weight excluding hydrogens is 74.1 g/mol. The molecule has 0 heterocycles. The average Bonchev–Trinajstić information content (AvgIpc) is 1.72. The van der Waals surface area contributed by atoms with Crippen LogP contribution in [-0.2, 0) is 0 Å². The molecule has 0 radical (unpaired) electrons. The van der Waals surface area contributed by atoms with Crippen molar-refractivity contribution in [1.82, 2.24) is 0 Å². The summed E-state index contributed by atoms with van der Waals surface area (Å²) in [6.45, 7) is 0. The first kappa shape index (κ1) is 3.24. The quantitative estimate of drug-likeness (QED) is 0.303. The highest BCUT2D eigenvalue weighted by Gasteiger charge is 1.59. The van der Waals surface area contributed by atoms with Gasteiger partial charge in [0.1, 0.15) is 0 Å². The normalized spacial score (nSPS) is 13.3. The highest BCUT2D eigenvalue weighted by Crippen LogP contribution is 1.79. The highest BCUT2D eigenvalue weighted by atomic mass is 14.1. The van der Waals surface area contributed by atoms with Crippen LogP contribution in [0.5, 0.6) is 0 Å². The van der Waals surface area contributed by atoms with E-state index in [1.165, 1.54) is 0 Å². The maximum Gasteiger partial charge on any atom is -0.0115 e. The zero-order valence-corrected chi connectivity index (χ0v) is 3.31. The molecule has 0 N–H and O–H groups in total. The van der Waals surface area contributed by atoms with Crippen molar-refractivity contribution in [1.29, 1.82) is 0 Å². The molecule has 0 aromatic heterocycles. The minimum Gasteiger partial charge on any atom is -0.0702 e. The van der Waals surface area contributed by atoms with Gasteiger partial charge in [-0.15, -0.1) is 0 Å². The summed E-state index contributed by atoms with van der Waals surface area (Å²) in [7, 11) is 0. The maximum absolute atomic E-state index is 2.77. The Bertz CT molecular complexity index is 131. The van der Waals surface area contributed by atoms with Crippen molar-refractivity contribution < 1.29 is 0 Å². The van der Waals surface area contributed by atoms with Crippen molar-refractivity contribution in [2.45, 2.75) is 0 Å². The van der Waals surface area contributed by atoms with E-state index in [-0.39, 0.29) is 0 Å². The molecule has 0 amide bonds. The van der Waals surface area contributed by atoms with Crippen LogP contribution in [0.15, 0.2) is 35.8 Å². The van der Waals surface area contributed by atoms with Gasteiger partial charge in [0.2, 0.25) is 0 Å². The zero-order valence-electron chi connectivity index (χ0n) is 3.31. The molecule has 28 valence electrons. The Hall–Kier alpha value is -0.960. The molecule has 6 heavy (non-hydrogen) atoms. The van der Waals surface area contributed by atoms with Crippen LogP contribution in [-0.4, -0.2) is 0 Å². The van der Waals surface area contributed by atoms with Crippen LogP contribution < -0.4 is 0 Å². The molecule has 0 fully saturated rings. The van der Waals surface area contributed by atoms with Crippen molar-refractivity contribution in [3.8, 4) is 0 Å². The Morgan fingerprint density at radius 1 is 0.833 bits per heavy atom. The van der Waals surface area contributed by atoms with Crippen molar-refractivity contribution in [3.05, 3.63) is 35.8 Å². The molecule has 1 aliphatic carbocycles. The van der Waals surface area contributed by atoms with E-state index in [0.29, 0.717) is 0 Å². The Kier molecular flexibility index (Phi) is 0.793. The lowest BCUT2D eigenvalue weighted by Crippen LogP contribution is -1.47. The molecular formula is C6H4. The van der Waals surface area contributed by atoms with E-state index in [1.807, 2.05) is 24.3 Å². The van der Waals surface area contributed by atoms with Crippen molar-refractivity contribution in [3.63, 3.8) is 0 Å². The second kappa shape index (κ2) is 1.47. The molecule has 0 nitrogen and oxygen atoms in total. The van der Waals surface area contributed by atoms with Gasteiger partial charge < -0.3 is 0 Å². The first-order valence-electron chi connectivity index (χ1n) is 1.83. The zero-order chi connectivity index (χ0) is 4.24. The van der Waals surface area contributed by atoms with E-state index < -0.39 is 0 Å². The van der Waals surface area contributed by atoms with E-state index in [0.717, 1.165) is 0 Å². The van der Waals surface area contributed by atoms with E-state index >= 15 is 0 Å². The molecule has 0 heteroatoms. The van der Waals surface area contributed by atoms with E-state index in [4.69, 9.17) is 0 Å². The largest absolute Gasteiger partial charge is 0.0702 e. The van der Waals surface area contributed by atoms with Gasteiger partial charge in [-0.3, -0.25) is 0 Å². The minimum atomic E-state index is 1.82. The van der Waals surface area contributed by atoms with Crippen LogP contribution in [0.25, 0.3) is 0 Å². The number of hydrogen-bond acceptors (Lipinski definition) is 0. The van der Waals surface area contributed by atoms with Gasteiger partial charge >= 0.3 is 0 Å². The molecule has 0 aromatic carbocycles. The Balaban J connectivity index is 3.10. The Morgan fingerprint density at radius 3 is 1.50 bits per heavy atom. The Labute approximate surface area is 36.8 Å². The van der Waals surface area contributed by atoms with Crippen molar-refractivity contribution in [2.24, 2.45) is 0 Å². The topological polar surface area (TPSA) is 0 Å². The van der Waals surface area contributed by atoms with Crippen molar-refractivity contribution in [2.75, 3.05) is 0 Å². The minimum absolute atomic E-state index is 1.82. The molecule has 0 aliphatic heterocycles. The van der Waals surface area contributed by atoms with Crippen LogP contribution in [0, 0.1) is 0 Å². The first-order valence-corrected chi connectivity index (χ1v) is 1.83. The van der Waals surface area contributed by atoms with Crippen LogP contribution in [0.3, 0.4) is 0 Å². The summed E-state index contributed by atoms with van der Waals surface area (Å²) in [6, 6.07) is 0. The summed E-state index contributed by atoms with van der Waals surface area (Å²) >= 11 is 0. The summed E-state index contributed by atoms with van der Waals surface area (Å²) in [5, 5.41) is 0. The summed E-state index contributed by atoms with van der Waals surface area (Å²) in [6.07, 6.45) is 7.47. The summed E-state index contributed by atoms with van der Waals surface area (Å²) in [5.74, 6) is 0. The fourth-order valence-corrected chi connectivity index (χ4v) is 0.304. The highest BCUT2D eigenvalue weighted by molar-refractivity contribution is 5.14. The lowest BCUT2D eigenvalue weighted by Gasteiger charge is -1.67. The number of allylic oxidation sites excluding steroid dienone is 4. The van der Waals surface area contributed by atoms with Gasteiger partial charge in [-0.2, -0.15) is 0 Å². The molecule has 0 saturated carbocycles. The predicted octanol–water partition coefficient (Wildman–Crippen LogP) is 1.42. The van der Waals surface area contributed by atoms with Crippen LogP contribution >= 0.6 is 0 Å². The van der Waals surface area contributed by atoms with E-state index in [1.54, 1.807) is 0 Å². The van der Waals surface area contributed by atoms with Gasteiger partial charge in [0, 0.05) is 0 Å². The lowest BCUT2D eigenvalue weighted by molar-refractivity contribution is 1.89. The summed E-state index contributed by atoms with van der Waals surface area (Å²) in [4.78, 5) is 0. The van der Waals surface area contributed by atoms with Gasteiger partial charge in [0.05, 0.1) is 0 Å². The van der Waals surface area contributed by atoms with E-state index in [2.05, 4.69) is 11.5 Å². The van der Waals surface area contributed by atoms with Gasteiger partial charge in [-0.05, 0) is 12.2 Å². The smallest absolute Gasteiger partial charge is 0.0115 e. The predicted molar refractivity (Wildman–Crippen MR) is 25.3 cm³/mol.